The van der Waals surface area contributed by atoms with Gasteiger partial charge in [-0.25, -0.2) is 4.79 Å². The Labute approximate surface area is 151 Å². The number of hydrogen-bond donors (Lipinski definition) is 6. The largest absolute Gasteiger partial charge is 0.481 e. The first kappa shape index (κ1) is 28.0. The molecule has 0 fully saturated rings. The quantitative estimate of drug-likeness (QED) is 0.293. The monoisotopic (exact) mass is 379 g/mol. The Morgan fingerprint density at radius 1 is 0.769 bits per heavy atom. The zero-order valence-electron chi connectivity index (χ0n) is 15.1. The van der Waals surface area contributed by atoms with E-state index >= 15 is 0 Å². The fourth-order valence-corrected chi connectivity index (χ4v) is 1.23. The first-order valence-electron chi connectivity index (χ1n) is 7.89. The van der Waals surface area contributed by atoms with Crippen LogP contribution in [0.2, 0.25) is 0 Å². The molecular weight excluding hydrogens is 350 g/mol. The summed E-state index contributed by atoms with van der Waals surface area (Å²) in [5, 5.41) is 29.2. The van der Waals surface area contributed by atoms with E-state index in [4.69, 9.17) is 15.3 Å². The van der Waals surface area contributed by atoms with Crippen LogP contribution >= 0.6 is 0 Å². The van der Waals surface area contributed by atoms with Gasteiger partial charge in [-0.2, -0.15) is 0 Å². The minimum absolute atomic E-state index is 0.0340. The van der Waals surface area contributed by atoms with Gasteiger partial charge in [0.05, 0.1) is 0 Å². The second-order valence-corrected chi connectivity index (χ2v) is 4.94. The summed E-state index contributed by atoms with van der Waals surface area (Å²) in [6, 6.07) is -0.495. The van der Waals surface area contributed by atoms with Gasteiger partial charge >= 0.3 is 23.9 Å². The lowest BCUT2D eigenvalue weighted by atomic mass is 10.2. The Kier molecular flexibility index (Phi) is 21.7. The molecule has 3 amide bonds. The van der Waals surface area contributed by atoms with Crippen molar-refractivity contribution in [2.75, 3.05) is 13.6 Å². The first-order chi connectivity index (χ1) is 12.0. The summed E-state index contributed by atoms with van der Waals surface area (Å²) >= 11 is 0. The van der Waals surface area contributed by atoms with Crippen LogP contribution in [0.3, 0.4) is 0 Å². The second-order valence-electron chi connectivity index (χ2n) is 4.94. The van der Waals surface area contributed by atoms with Crippen LogP contribution in [0.25, 0.3) is 0 Å². The van der Waals surface area contributed by atoms with Crippen LogP contribution in [0, 0.1) is 0 Å². The highest BCUT2D eigenvalue weighted by molar-refractivity contribution is 5.72. The van der Waals surface area contributed by atoms with Crippen LogP contribution in [0.1, 0.15) is 51.9 Å². The Morgan fingerprint density at radius 3 is 1.46 bits per heavy atom. The van der Waals surface area contributed by atoms with E-state index in [1.165, 1.54) is 14.0 Å². The molecule has 0 saturated heterocycles. The fourth-order valence-electron chi connectivity index (χ4n) is 1.23. The topological polar surface area (TPSA) is 196 Å². The third-order valence-corrected chi connectivity index (χ3v) is 2.47. The van der Waals surface area contributed by atoms with Crippen molar-refractivity contribution in [2.24, 2.45) is 5.73 Å². The normalized spacial score (nSPS) is 8.69. The predicted octanol–water partition coefficient (Wildman–Crippen LogP) is 0.378. The molecule has 0 bridgehead atoms. The molecule has 0 aromatic heterocycles. The average Bonchev–Trinajstić information content (AvgIpc) is 2.50. The molecule has 7 N–H and O–H groups in total. The number of hydrogen-bond acceptors (Lipinski definition) is 5. The molecule has 0 spiro atoms. The molecule has 0 heterocycles. The van der Waals surface area contributed by atoms with Crippen LogP contribution in [-0.4, -0.2) is 58.8 Å². The molecule has 0 aromatic rings. The molecule has 152 valence electrons. The highest BCUT2D eigenvalue weighted by atomic mass is 16.4. The molecule has 11 heteroatoms. The average molecular weight is 379 g/mol. The van der Waals surface area contributed by atoms with E-state index in [-0.39, 0.29) is 31.6 Å². The number of carboxylic acids is 3. The summed E-state index contributed by atoms with van der Waals surface area (Å²) in [6.45, 7) is 2.12. The van der Waals surface area contributed by atoms with E-state index in [1.54, 1.807) is 0 Å². The number of carboxylic acid groups (broad SMARTS) is 3. The van der Waals surface area contributed by atoms with E-state index in [0.29, 0.717) is 13.0 Å². The lowest BCUT2D eigenvalue weighted by Crippen LogP contribution is -2.24. The predicted molar refractivity (Wildman–Crippen MR) is 92.6 cm³/mol. The zero-order valence-corrected chi connectivity index (χ0v) is 15.1. The molecule has 0 radical (unpaired) electrons. The van der Waals surface area contributed by atoms with Gasteiger partial charge in [0, 0.05) is 39.8 Å². The number of unbranched alkanes of at least 4 members (excludes halogenated alkanes) is 2. The molecular formula is C15H29N3O8. The van der Waals surface area contributed by atoms with E-state index in [0.717, 1.165) is 12.8 Å². The molecule has 0 unspecified atom stereocenters. The van der Waals surface area contributed by atoms with Crippen LogP contribution < -0.4 is 16.4 Å². The molecule has 0 aromatic carbocycles. The van der Waals surface area contributed by atoms with Gasteiger partial charge in [-0.15, -0.1) is 0 Å². The smallest absolute Gasteiger partial charge is 0.311 e. The van der Waals surface area contributed by atoms with Gasteiger partial charge in [-0.1, -0.05) is 6.42 Å². The lowest BCUT2D eigenvalue weighted by Gasteiger charge is -2.00. The van der Waals surface area contributed by atoms with E-state index < -0.39 is 23.9 Å². The summed E-state index contributed by atoms with van der Waals surface area (Å²) in [5.74, 6) is -2.68. The number of nitrogens with one attached hydrogen (secondary N) is 2. The summed E-state index contributed by atoms with van der Waals surface area (Å²) in [6.07, 6.45) is 2.71. The van der Waals surface area contributed by atoms with Crippen LogP contribution in [0.5, 0.6) is 0 Å². The van der Waals surface area contributed by atoms with Crippen molar-refractivity contribution in [1.29, 1.82) is 0 Å². The molecule has 0 rings (SSSR count). The second kappa shape index (κ2) is 20.2. The summed E-state index contributed by atoms with van der Waals surface area (Å²) in [5.41, 5.74) is 4.54. The van der Waals surface area contributed by atoms with E-state index in [9.17, 15) is 24.0 Å². The zero-order chi connectivity index (χ0) is 21.0. The molecule has 11 nitrogen and oxygen atoms in total. The number of carbonyl (C=O) groups is 5. The number of urea groups is 1. The molecule has 0 aliphatic rings. The summed E-state index contributed by atoms with van der Waals surface area (Å²) in [4.78, 5) is 49.5. The number of nitrogens with two attached hydrogens (primary N) is 1. The van der Waals surface area contributed by atoms with Crippen molar-refractivity contribution in [1.82, 2.24) is 10.6 Å². The van der Waals surface area contributed by atoms with Crippen LogP contribution in [-0.2, 0) is 19.2 Å². The van der Waals surface area contributed by atoms with Gasteiger partial charge in [0.1, 0.15) is 0 Å². The van der Waals surface area contributed by atoms with Gasteiger partial charge in [0.15, 0.2) is 0 Å². The van der Waals surface area contributed by atoms with Gasteiger partial charge in [-0.3, -0.25) is 19.2 Å². The minimum atomic E-state index is -0.948. The number of amides is 3. The van der Waals surface area contributed by atoms with Crippen molar-refractivity contribution < 1.29 is 39.3 Å². The standard InChI is InChI=1S/C8H15NO3.C5H8O4.C2H6N2O/c1-7(10)9-6-4-2-3-5-8(11)12;6-4(7)2-1-3-5(8)9;1-4-2(3)5/h2-6H2,1H3,(H,9,10)(H,11,12);1-3H2,(H,6,7)(H,8,9);1H3,(H3,3,4,5). The van der Waals surface area contributed by atoms with Crippen molar-refractivity contribution in [3.05, 3.63) is 0 Å². The van der Waals surface area contributed by atoms with Crippen molar-refractivity contribution in [3.8, 4) is 0 Å². The third-order valence-electron chi connectivity index (χ3n) is 2.47. The molecule has 0 atom stereocenters. The fraction of sp³-hybridized carbons (Fsp3) is 0.667. The van der Waals surface area contributed by atoms with Gasteiger partial charge in [0.25, 0.3) is 0 Å². The maximum absolute atomic E-state index is 10.4. The van der Waals surface area contributed by atoms with Crippen LogP contribution in [0.15, 0.2) is 0 Å². The number of carbonyl (C=O) groups excluding carboxylic acids is 2. The van der Waals surface area contributed by atoms with Crippen LogP contribution in [0.4, 0.5) is 4.79 Å². The minimum Gasteiger partial charge on any atom is -0.481 e. The van der Waals surface area contributed by atoms with Crippen molar-refractivity contribution >= 4 is 29.8 Å². The number of rotatable bonds is 10. The Morgan fingerprint density at radius 2 is 1.15 bits per heavy atom. The highest BCUT2D eigenvalue weighted by Gasteiger charge is 1.99. The number of primary amides is 1. The van der Waals surface area contributed by atoms with Crippen molar-refractivity contribution in [2.45, 2.75) is 51.9 Å². The molecule has 0 aliphatic heterocycles. The SMILES string of the molecule is CC(=O)NCCCCCC(=O)O.CNC(N)=O.O=C(O)CCCC(=O)O. The molecule has 26 heavy (non-hydrogen) atoms. The van der Waals surface area contributed by atoms with Gasteiger partial charge < -0.3 is 31.7 Å². The third kappa shape index (κ3) is 42.9. The Hall–Kier alpha value is -2.85. The maximum Gasteiger partial charge on any atom is 0.311 e. The van der Waals surface area contributed by atoms with E-state index in [2.05, 4.69) is 16.4 Å². The van der Waals surface area contributed by atoms with Gasteiger partial charge in [0.2, 0.25) is 5.91 Å². The molecule has 0 aliphatic carbocycles. The Balaban J connectivity index is -0.000000333. The Bertz CT molecular complexity index is 409. The first-order valence-corrected chi connectivity index (χ1v) is 7.89. The summed E-state index contributed by atoms with van der Waals surface area (Å²) < 4.78 is 0. The number of aliphatic carboxylic acids is 3. The lowest BCUT2D eigenvalue weighted by molar-refractivity contribution is -0.139. The molecule has 0 saturated carbocycles. The van der Waals surface area contributed by atoms with E-state index in [1.807, 2.05) is 0 Å². The van der Waals surface area contributed by atoms with Crippen molar-refractivity contribution in [3.63, 3.8) is 0 Å². The maximum atomic E-state index is 10.4. The summed E-state index contributed by atoms with van der Waals surface area (Å²) in [7, 11) is 1.47. The highest BCUT2D eigenvalue weighted by Crippen LogP contribution is 1.98. The van der Waals surface area contributed by atoms with Gasteiger partial charge in [-0.05, 0) is 19.3 Å².